The van der Waals surface area contributed by atoms with E-state index in [2.05, 4.69) is 27.7 Å². The Balaban J connectivity index is 1.34. The Labute approximate surface area is 195 Å². The number of nitrogens with one attached hydrogen (secondary N) is 1. The average molecular weight is 476 g/mol. The lowest BCUT2D eigenvalue weighted by molar-refractivity contribution is 0.0930. The van der Waals surface area contributed by atoms with Gasteiger partial charge in [0.2, 0.25) is 10.0 Å². The fraction of sp³-hybridized carbons (Fsp3) is 0.542. The molecule has 6 nitrogen and oxygen atoms in total. The maximum atomic E-state index is 13.1. The number of hydrogen-bond donors (Lipinski definition) is 1. The third-order valence-corrected chi connectivity index (χ3v) is 9.17. The zero-order valence-corrected chi connectivity index (χ0v) is 20.2. The molecule has 8 heteroatoms. The largest absolute Gasteiger partial charge is 0.352 e. The van der Waals surface area contributed by atoms with Crippen LogP contribution in [0.15, 0.2) is 46.7 Å². The van der Waals surface area contributed by atoms with Gasteiger partial charge in [-0.3, -0.25) is 9.69 Å². The predicted molar refractivity (Wildman–Crippen MR) is 128 cm³/mol. The van der Waals surface area contributed by atoms with E-state index in [1.807, 2.05) is 0 Å². The van der Waals surface area contributed by atoms with Crippen LogP contribution in [-0.4, -0.2) is 56.3 Å². The summed E-state index contributed by atoms with van der Waals surface area (Å²) in [6.45, 7) is 4.77. The molecular weight excluding hydrogens is 442 g/mol. The zero-order chi connectivity index (χ0) is 22.4. The molecule has 0 spiro atoms. The number of nitrogens with zero attached hydrogens (tertiary/aromatic N) is 2. The van der Waals surface area contributed by atoms with Crippen LogP contribution in [0, 0.1) is 5.92 Å². The van der Waals surface area contributed by atoms with Crippen LogP contribution in [0.3, 0.4) is 0 Å². The molecule has 0 bridgehead atoms. The quantitative estimate of drug-likeness (QED) is 0.658. The molecule has 1 unspecified atom stereocenters. The molecule has 0 saturated carbocycles. The molecule has 1 aromatic carbocycles. The van der Waals surface area contributed by atoms with E-state index in [4.69, 9.17) is 0 Å². The fourth-order valence-electron chi connectivity index (χ4n) is 4.65. The van der Waals surface area contributed by atoms with E-state index in [-0.39, 0.29) is 10.8 Å². The van der Waals surface area contributed by atoms with Crippen molar-refractivity contribution in [3.05, 3.63) is 52.2 Å². The van der Waals surface area contributed by atoms with Gasteiger partial charge in [-0.1, -0.05) is 25.0 Å². The molecule has 1 aromatic heterocycles. The summed E-state index contributed by atoms with van der Waals surface area (Å²) >= 11 is 1.78. The first kappa shape index (κ1) is 23.4. The van der Waals surface area contributed by atoms with Crippen molar-refractivity contribution < 1.29 is 13.2 Å². The number of sulfonamides is 1. The average Bonchev–Trinajstić information content (AvgIpc) is 3.15. The van der Waals surface area contributed by atoms with Crippen molar-refractivity contribution in [2.45, 2.75) is 50.0 Å². The van der Waals surface area contributed by atoms with Crippen LogP contribution >= 0.6 is 11.3 Å². The Morgan fingerprint density at radius 2 is 1.84 bits per heavy atom. The molecular formula is C24H33N3O3S2. The third kappa shape index (κ3) is 5.98. The van der Waals surface area contributed by atoms with Crippen molar-refractivity contribution in [1.29, 1.82) is 0 Å². The first-order chi connectivity index (χ1) is 15.5. The molecule has 2 aliphatic heterocycles. The second kappa shape index (κ2) is 10.9. The summed E-state index contributed by atoms with van der Waals surface area (Å²) in [7, 11) is -3.56. The second-order valence-electron chi connectivity index (χ2n) is 8.88. The van der Waals surface area contributed by atoms with Crippen LogP contribution in [-0.2, 0) is 16.6 Å². The van der Waals surface area contributed by atoms with Gasteiger partial charge in [-0.2, -0.15) is 4.31 Å². The van der Waals surface area contributed by atoms with Crippen LogP contribution in [0.1, 0.15) is 53.8 Å². The summed E-state index contributed by atoms with van der Waals surface area (Å²) in [5.41, 5.74) is 0.409. The molecule has 3 heterocycles. The third-order valence-electron chi connectivity index (χ3n) is 6.41. The van der Waals surface area contributed by atoms with Crippen molar-refractivity contribution >= 4 is 27.3 Å². The Morgan fingerprint density at radius 1 is 1.03 bits per heavy atom. The summed E-state index contributed by atoms with van der Waals surface area (Å²) < 4.78 is 27.7. The number of thiophene rings is 1. The number of piperidine rings is 1. The first-order valence-corrected chi connectivity index (χ1v) is 14.0. The lowest BCUT2D eigenvalue weighted by atomic mass is 9.98. The van der Waals surface area contributed by atoms with Gasteiger partial charge in [0.1, 0.15) is 0 Å². The highest BCUT2D eigenvalue weighted by molar-refractivity contribution is 7.89. The number of likely N-dealkylation sites (tertiary alicyclic amines) is 1. The van der Waals surface area contributed by atoms with Crippen molar-refractivity contribution in [2.75, 3.05) is 32.7 Å². The standard InChI is InChI=1S/C24H33N3O3S2/c28-24(25-17-20-8-6-12-26(18-20)19-22-10-7-15-31-22)21-9-5-11-23(16-21)32(29,30)27-13-3-1-2-4-14-27/h5,7,9-11,15-16,20H,1-4,6,8,12-14,17-19H2,(H,25,28). The first-order valence-electron chi connectivity index (χ1n) is 11.7. The summed E-state index contributed by atoms with van der Waals surface area (Å²) in [5.74, 6) is 0.213. The summed E-state index contributed by atoms with van der Waals surface area (Å²) in [4.78, 5) is 16.9. The van der Waals surface area contributed by atoms with Gasteiger partial charge < -0.3 is 5.32 Å². The number of hydrogen-bond acceptors (Lipinski definition) is 5. The van der Waals surface area contributed by atoms with Gasteiger partial charge >= 0.3 is 0 Å². The minimum absolute atomic E-state index is 0.201. The van der Waals surface area contributed by atoms with E-state index in [1.165, 1.54) is 10.9 Å². The van der Waals surface area contributed by atoms with Crippen LogP contribution < -0.4 is 5.32 Å². The molecule has 174 valence electrons. The normalized spacial score (nSPS) is 21.2. The Morgan fingerprint density at radius 3 is 2.59 bits per heavy atom. The number of amides is 1. The molecule has 2 aliphatic rings. The monoisotopic (exact) mass is 475 g/mol. The number of rotatable bonds is 7. The maximum Gasteiger partial charge on any atom is 0.251 e. The number of benzene rings is 1. The van der Waals surface area contributed by atoms with E-state index >= 15 is 0 Å². The van der Waals surface area contributed by atoms with Gasteiger partial charge in [0.25, 0.3) is 5.91 Å². The highest BCUT2D eigenvalue weighted by Gasteiger charge is 2.26. The van der Waals surface area contributed by atoms with Crippen LogP contribution in [0.2, 0.25) is 0 Å². The highest BCUT2D eigenvalue weighted by Crippen LogP contribution is 2.22. The Bertz CT molecular complexity index is 984. The molecule has 0 aliphatic carbocycles. The van der Waals surface area contributed by atoms with E-state index in [9.17, 15) is 13.2 Å². The van der Waals surface area contributed by atoms with Gasteiger partial charge in [0, 0.05) is 43.2 Å². The lowest BCUT2D eigenvalue weighted by Gasteiger charge is -2.32. The minimum Gasteiger partial charge on any atom is -0.352 e. The lowest BCUT2D eigenvalue weighted by Crippen LogP contribution is -2.40. The molecule has 2 fully saturated rings. The second-order valence-corrected chi connectivity index (χ2v) is 11.8. The number of carbonyl (C=O) groups excluding carboxylic acids is 1. The molecule has 1 N–H and O–H groups in total. The van der Waals surface area contributed by atoms with Crippen molar-refractivity contribution in [3.63, 3.8) is 0 Å². The van der Waals surface area contributed by atoms with Gasteiger partial charge in [-0.05, 0) is 67.8 Å². The highest BCUT2D eigenvalue weighted by atomic mass is 32.2. The van der Waals surface area contributed by atoms with Crippen molar-refractivity contribution in [2.24, 2.45) is 5.92 Å². The Hall–Kier alpha value is -1.74. The summed E-state index contributed by atoms with van der Waals surface area (Å²) in [6, 6.07) is 10.7. The Kier molecular flexibility index (Phi) is 7.99. The smallest absolute Gasteiger partial charge is 0.251 e. The van der Waals surface area contributed by atoms with Gasteiger partial charge in [-0.15, -0.1) is 11.3 Å². The molecule has 2 aromatic rings. The molecule has 1 amide bonds. The van der Waals surface area contributed by atoms with E-state index in [0.717, 1.165) is 58.2 Å². The van der Waals surface area contributed by atoms with Crippen LogP contribution in [0.25, 0.3) is 0 Å². The summed E-state index contributed by atoms with van der Waals surface area (Å²) in [5, 5.41) is 5.15. The predicted octanol–water partition coefficient (Wildman–Crippen LogP) is 3.95. The van der Waals surface area contributed by atoms with E-state index < -0.39 is 10.0 Å². The molecule has 0 radical (unpaired) electrons. The molecule has 1 atom stereocenters. The topological polar surface area (TPSA) is 69.7 Å². The molecule has 4 rings (SSSR count). The van der Waals surface area contributed by atoms with Crippen molar-refractivity contribution in [3.8, 4) is 0 Å². The summed E-state index contributed by atoms with van der Waals surface area (Å²) in [6.07, 6.45) is 6.16. The van der Waals surface area contributed by atoms with Crippen LogP contribution in [0.5, 0.6) is 0 Å². The number of carbonyl (C=O) groups is 1. The molecule has 32 heavy (non-hydrogen) atoms. The van der Waals surface area contributed by atoms with Gasteiger partial charge in [0.15, 0.2) is 0 Å². The fourth-order valence-corrected chi connectivity index (χ4v) is 6.96. The maximum absolute atomic E-state index is 13.1. The van der Waals surface area contributed by atoms with Gasteiger partial charge in [-0.25, -0.2) is 8.42 Å². The van der Waals surface area contributed by atoms with Crippen LogP contribution in [0.4, 0.5) is 0 Å². The molecule has 2 saturated heterocycles. The van der Waals surface area contributed by atoms with Gasteiger partial charge in [0.05, 0.1) is 4.90 Å². The van der Waals surface area contributed by atoms with Crippen molar-refractivity contribution in [1.82, 2.24) is 14.5 Å². The van der Waals surface area contributed by atoms with E-state index in [0.29, 0.717) is 31.1 Å². The minimum atomic E-state index is -3.56. The SMILES string of the molecule is O=C(NCC1CCCN(Cc2cccs2)C1)c1cccc(S(=O)(=O)N2CCCCCC2)c1. The zero-order valence-electron chi connectivity index (χ0n) is 18.5. The van der Waals surface area contributed by atoms with E-state index in [1.54, 1.807) is 33.8 Å².